The first-order valence-corrected chi connectivity index (χ1v) is 7.47. The number of fused-ring (bicyclic) bond motifs is 1. The second kappa shape index (κ2) is 6.36. The Morgan fingerprint density at radius 1 is 1.15 bits per heavy atom. The first-order chi connectivity index (χ1) is 12.4. The molecule has 1 aromatic carbocycles. The van der Waals surface area contributed by atoms with Crippen molar-refractivity contribution in [2.75, 3.05) is 14.2 Å². The number of ether oxygens (including phenoxy) is 2. The van der Waals surface area contributed by atoms with Crippen LogP contribution in [0.1, 0.15) is 10.4 Å². The number of benzene rings is 1. The first kappa shape index (κ1) is 17.2. The Morgan fingerprint density at radius 3 is 2.46 bits per heavy atom. The number of hydrogen-bond acceptors (Lipinski definition) is 6. The van der Waals surface area contributed by atoms with Crippen LogP contribution in [-0.4, -0.2) is 39.8 Å². The van der Waals surface area contributed by atoms with E-state index in [1.165, 1.54) is 27.3 Å². The van der Waals surface area contributed by atoms with Crippen LogP contribution in [0.25, 0.3) is 22.3 Å². The van der Waals surface area contributed by atoms with E-state index < -0.39 is 17.2 Å². The van der Waals surface area contributed by atoms with Gasteiger partial charge in [-0.3, -0.25) is 14.3 Å². The Kier molecular flexibility index (Phi) is 4.21. The fraction of sp³-hybridized carbons (Fsp3) is 0.176. The van der Waals surface area contributed by atoms with Crippen LogP contribution in [0.15, 0.2) is 33.9 Å². The summed E-state index contributed by atoms with van der Waals surface area (Å²) in [4.78, 5) is 42.0. The Hall–Kier alpha value is -3.62. The average molecular weight is 357 g/mol. The lowest BCUT2D eigenvalue weighted by molar-refractivity contribution is 0.0699. The highest BCUT2D eigenvalue weighted by Gasteiger charge is 2.19. The zero-order valence-corrected chi connectivity index (χ0v) is 14.2. The van der Waals surface area contributed by atoms with E-state index in [1.54, 1.807) is 18.2 Å². The number of carboxylic acids is 1. The average Bonchev–Trinajstić information content (AvgIpc) is 2.64. The van der Waals surface area contributed by atoms with Gasteiger partial charge in [-0.2, -0.15) is 0 Å². The van der Waals surface area contributed by atoms with Crippen LogP contribution in [0.2, 0.25) is 0 Å². The Bertz CT molecular complexity index is 1150. The number of aromatic amines is 1. The lowest BCUT2D eigenvalue weighted by atomic mass is 10.1. The molecule has 26 heavy (non-hydrogen) atoms. The molecule has 0 aliphatic carbocycles. The van der Waals surface area contributed by atoms with Crippen molar-refractivity contribution in [1.29, 1.82) is 0 Å². The van der Waals surface area contributed by atoms with Crippen LogP contribution in [0.4, 0.5) is 0 Å². The SMILES string of the molecule is COc1ccc(-c2cc(C(=O)O)c3c(=O)[nH]c(=O)n(C)c3n2)cc1OC. The number of aromatic nitrogens is 3. The molecule has 0 saturated carbocycles. The molecular weight excluding hydrogens is 342 g/mol. The maximum atomic E-state index is 12.1. The molecule has 0 fully saturated rings. The van der Waals surface area contributed by atoms with Crippen molar-refractivity contribution in [3.05, 3.63) is 50.7 Å². The van der Waals surface area contributed by atoms with Crippen molar-refractivity contribution >= 4 is 17.0 Å². The highest BCUT2D eigenvalue weighted by atomic mass is 16.5. The number of nitrogens with one attached hydrogen (secondary N) is 1. The number of aromatic carboxylic acids is 1. The molecule has 3 aromatic rings. The number of H-pyrrole nitrogens is 1. The van der Waals surface area contributed by atoms with Crippen molar-refractivity contribution in [1.82, 2.24) is 14.5 Å². The Balaban J connectivity index is 2.39. The predicted octanol–water partition coefficient (Wildman–Crippen LogP) is 1.00. The van der Waals surface area contributed by atoms with Gasteiger partial charge in [0.25, 0.3) is 5.56 Å². The van der Waals surface area contributed by atoms with Gasteiger partial charge in [0.15, 0.2) is 17.1 Å². The monoisotopic (exact) mass is 357 g/mol. The minimum atomic E-state index is -1.30. The molecule has 0 unspecified atom stereocenters. The molecule has 9 heteroatoms. The van der Waals surface area contributed by atoms with Crippen LogP contribution in [0, 0.1) is 0 Å². The normalized spacial score (nSPS) is 10.7. The topological polar surface area (TPSA) is 124 Å². The molecule has 0 amide bonds. The molecule has 0 aliphatic heterocycles. The summed E-state index contributed by atoms with van der Waals surface area (Å²) in [5.74, 6) is -0.369. The summed E-state index contributed by atoms with van der Waals surface area (Å²) in [6, 6.07) is 6.24. The molecule has 0 bridgehead atoms. The third kappa shape index (κ3) is 2.69. The standard InChI is InChI=1S/C17H15N3O6/c1-20-14-13(15(21)19-17(20)24)9(16(22)23)7-10(18-14)8-4-5-11(25-2)12(6-8)26-3/h4-7H,1-3H3,(H,22,23)(H,19,21,24). The van der Waals surface area contributed by atoms with Gasteiger partial charge in [-0.25, -0.2) is 14.6 Å². The summed E-state index contributed by atoms with van der Waals surface area (Å²) in [5.41, 5.74) is -0.945. The molecule has 2 aromatic heterocycles. The minimum Gasteiger partial charge on any atom is -0.493 e. The number of carboxylic acid groups (broad SMARTS) is 1. The summed E-state index contributed by atoms with van der Waals surface area (Å²) in [6.45, 7) is 0. The second-order valence-corrected chi connectivity index (χ2v) is 5.45. The summed E-state index contributed by atoms with van der Waals surface area (Å²) in [7, 11) is 4.37. The molecule has 9 nitrogen and oxygen atoms in total. The third-order valence-corrected chi connectivity index (χ3v) is 3.98. The van der Waals surface area contributed by atoms with Crippen molar-refractivity contribution in [3.8, 4) is 22.8 Å². The van der Waals surface area contributed by atoms with Gasteiger partial charge in [0, 0.05) is 12.6 Å². The maximum absolute atomic E-state index is 12.1. The van der Waals surface area contributed by atoms with Gasteiger partial charge < -0.3 is 14.6 Å². The molecule has 2 heterocycles. The van der Waals surface area contributed by atoms with E-state index in [0.29, 0.717) is 17.1 Å². The summed E-state index contributed by atoms with van der Waals surface area (Å²) in [5, 5.41) is 9.35. The molecule has 0 saturated heterocycles. The van der Waals surface area contributed by atoms with Crippen molar-refractivity contribution in [2.24, 2.45) is 7.05 Å². The summed E-state index contributed by atoms with van der Waals surface area (Å²) < 4.78 is 11.5. The van der Waals surface area contributed by atoms with Gasteiger partial charge in [0.1, 0.15) is 0 Å². The quantitative estimate of drug-likeness (QED) is 0.714. The minimum absolute atomic E-state index is 0.0246. The molecule has 0 radical (unpaired) electrons. The molecule has 3 rings (SSSR count). The van der Waals surface area contributed by atoms with Gasteiger partial charge in [-0.15, -0.1) is 0 Å². The molecule has 0 aliphatic rings. The van der Waals surface area contributed by atoms with E-state index in [2.05, 4.69) is 9.97 Å². The number of aryl methyl sites for hydroxylation is 1. The Morgan fingerprint density at radius 2 is 1.85 bits per heavy atom. The molecular formula is C17H15N3O6. The maximum Gasteiger partial charge on any atom is 0.336 e. The molecule has 0 atom stereocenters. The van der Waals surface area contributed by atoms with Crippen LogP contribution in [-0.2, 0) is 7.05 Å². The van der Waals surface area contributed by atoms with Crippen molar-refractivity contribution in [2.45, 2.75) is 0 Å². The van der Waals surface area contributed by atoms with Crippen molar-refractivity contribution in [3.63, 3.8) is 0 Å². The second-order valence-electron chi connectivity index (χ2n) is 5.45. The van der Waals surface area contributed by atoms with Gasteiger partial charge in [0.2, 0.25) is 0 Å². The van der Waals surface area contributed by atoms with Crippen LogP contribution in [0.3, 0.4) is 0 Å². The lowest BCUT2D eigenvalue weighted by Crippen LogP contribution is -2.30. The number of rotatable bonds is 4. The van der Waals surface area contributed by atoms with E-state index >= 15 is 0 Å². The summed E-state index contributed by atoms with van der Waals surface area (Å²) in [6.07, 6.45) is 0. The van der Waals surface area contributed by atoms with Crippen LogP contribution in [0.5, 0.6) is 11.5 Å². The van der Waals surface area contributed by atoms with Gasteiger partial charge in [0.05, 0.1) is 30.9 Å². The van der Waals surface area contributed by atoms with E-state index in [-0.39, 0.29) is 22.3 Å². The number of hydrogen-bond donors (Lipinski definition) is 2. The largest absolute Gasteiger partial charge is 0.493 e. The lowest BCUT2D eigenvalue weighted by Gasteiger charge is -2.11. The highest BCUT2D eigenvalue weighted by Crippen LogP contribution is 2.32. The smallest absolute Gasteiger partial charge is 0.336 e. The zero-order valence-electron chi connectivity index (χ0n) is 14.2. The van der Waals surface area contributed by atoms with Gasteiger partial charge >= 0.3 is 11.7 Å². The number of methoxy groups -OCH3 is 2. The van der Waals surface area contributed by atoms with E-state index in [0.717, 1.165) is 4.57 Å². The molecule has 2 N–H and O–H groups in total. The number of carbonyl (C=O) groups is 1. The van der Waals surface area contributed by atoms with Crippen molar-refractivity contribution < 1.29 is 19.4 Å². The molecule has 0 spiro atoms. The van der Waals surface area contributed by atoms with Crippen LogP contribution < -0.4 is 20.7 Å². The van der Waals surface area contributed by atoms with Gasteiger partial charge in [-0.1, -0.05) is 0 Å². The third-order valence-electron chi connectivity index (χ3n) is 3.98. The highest BCUT2D eigenvalue weighted by molar-refractivity contribution is 6.02. The van der Waals surface area contributed by atoms with E-state index in [4.69, 9.17) is 9.47 Å². The number of pyridine rings is 1. The molecule has 134 valence electrons. The fourth-order valence-corrected chi connectivity index (χ4v) is 2.65. The predicted molar refractivity (Wildman–Crippen MR) is 93.1 cm³/mol. The Labute approximate surface area is 146 Å². The summed E-state index contributed by atoms with van der Waals surface area (Å²) >= 11 is 0. The van der Waals surface area contributed by atoms with E-state index in [1.807, 2.05) is 0 Å². The first-order valence-electron chi connectivity index (χ1n) is 7.47. The van der Waals surface area contributed by atoms with E-state index in [9.17, 15) is 19.5 Å². The van der Waals surface area contributed by atoms with Gasteiger partial charge in [-0.05, 0) is 24.3 Å². The zero-order chi connectivity index (χ0) is 19.0. The fourth-order valence-electron chi connectivity index (χ4n) is 2.65. The number of nitrogens with zero attached hydrogens (tertiary/aromatic N) is 2. The van der Waals surface area contributed by atoms with Crippen LogP contribution >= 0.6 is 0 Å².